The summed E-state index contributed by atoms with van der Waals surface area (Å²) in [5, 5.41) is 15.6. The van der Waals surface area contributed by atoms with E-state index in [1.54, 1.807) is 17.4 Å². The number of hydrogen-bond acceptors (Lipinski definition) is 4. The normalized spacial score (nSPS) is 10.2. The fourth-order valence-electron chi connectivity index (χ4n) is 1.69. The number of hydrogen-bond donors (Lipinski definition) is 1. The highest BCUT2D eigenvalue weighted by Crippen LogP contribution is 2.28. The molecule has 2 rings (SSSR count). The SMILES string of the molecule is O=C(NCCc1cccs1)c1cccc([N+](=O)[O-])c1Br. The summed E-state index contributed by atoms with van der Waals surface area (Å²) in [5.74, 6) is -0.322. The lowest BCUT2D eigenvalue weighted by molar-refractivity contribution is -0.385. The minimum absolute atomic E-state index is 0.115. The molecule has 0 aliphatic carbocycles. The van der Waals surface area contributed by atoms with Crippen molar-refractivity contribution in [3.63, 3.8) is 0 Å². The van der Waals surface area contributed by atoms with Crippen molar-refractivity contribution in [3.05, 3.63) is 60.7 Å². The Kier molecular flexibility index (Phi) is 4.86. The van der Waals surface area contributed by atoms with Crippen LogP contribution in [0, 0.1) is 10.1 Å². The van der Waals surface area contributed by atoms with Gasteiger partial charge in [-0.1, -0.05) is 12.1 Å². The van der Waals surface area contributed by atoms with E-state index in [-0.39, 0.29) is 21.6 Å². The summed E-state index contributed by atoms with van der Waals surface area (Å²) >= 11 is 4.74. The number of halogens is 1. The molecule has 1 amide bonds. The Hall–Kier alpha value is -1.73. The summed E-state index contributed by atoms with van der Waals surface area (Å²) in [5.41, 5.74) is 0.154. The Balaban J connectivity index is 2.02. The van der Waals surface area contributed by atoms with E-state index in [4.69, 9.17) is 0 Å². The number of benzene rings is 1. The predicted molar refractivity (Wildman–Crippen MR) is 81.2 cm³/mol. The van der Waals surface area contributed by atoms with Gasteiger partial charge in [0.15, 0.2) is 0 Å². The van der Waals surface area contributed by atoms with Crippen LogP contribution in [0.4, 0.5) is 5.69 Å². The monoisotopic (exact) mass is 354 g/mol. The second-order valence-electron chi connectivity index (χ2n) is 3.98. The van der Waals surface area contributed by atoms with Crippen molar-refractivity contribution in [2.45, 2.75) is 6.42 Å². The Labute approximate surface area is 127 Å². The van der Waals surface area contributed by atoms with Crippen LogP contribution < -0.4 is 5.32 Å². The lowest BCUT2D eigenvalue weighted by Crippen LogP contribution is -2.26. The first-order valence-electron chi connectivity index (χ1n) is 5.83. The maximum absolute atomic E-state index is 12.0. The summed E-state index contributed by atoms with van der Waals surface area (Å²) in [6.45, 7) is 0.495. The molecule has 1 aromatic carbocycles. The van der Waals surface area contributed by atoms with Crippen LogP contribution in [0.2, 0.25) is 0 Å². The van der Waals surface area contributed by atoms with Gasteiger partial charge in [0.25, 0.3) is 11.6 Å². The van der Waals surface area contributed by atoms with Crippen LogP contribution in [0.25, 0.3) is 0 Å². The zero-order valence-electron chi connectivity index (χ0n) is 10.3. The minimum atomic E-state index is -0.521. The average molecular weight is 355 g/mol. The summed E-state index contributed by atoms with van der Waals surface area (Å²) in [7, 11) is 0. The highest BCUT2D eigenvalue weighted by molar-refractivity contribution is 9.10. The van der Waals surface area contributed by atoms with Crippen molar-refractivity contribution in [2.75, 3.05) is 6.54 Å². The number of nitro groups is 1. The second kappa shape index (κ2) is 6.62. The van der Waals surface area contributed by atoms with E-state index in [2.05, 4.69) is 21.2 Å². The molecule has 1 aromatic heterocycles. The molecule has 0 spiro atoms. The lowest BCUT2D eigenvalue weighted by atomic mass is 10.2. The molecule has 5 nitrogen and oxygen atoms in total. The Morgan fingerprint density at radius 1 is 1.35 bits per heavy atom. The summed E-state index contributed by atoms with van der Waals surface area (Å²) < 4.78 is 0.207. The highest BCUT2D eigenvalue weighted by atomic mass is 79.9. The van der Waals surface area contributed by atoms with Crippen LogP contribution >= 0.6 is 27.3 Å². The molecule has 20 heavy (non-hydrogen) atoms. The number of nitro benzene ring substituents is 1. The molecule has 0 aliphatic rings. The van der Waals surface area contributed by atoms with Gasteiger partial charge in [-0.25, -0.2) is 0 Å². The zero-order chi connectivity index (χ0) is 14.5. The molecule has 1 heterocycles. The number of amides is 1. The summed E-state index contributed by atoms with van der Waals surface area (Å²) in [4.78, 5) is 23.5. The molecule has 0 radical (unpaired) electrons. The largest absolute Gasteiger partial charge is 0.352 e. The van der Waals surface area contributed by atoms with Gasteiger partial charge < -0.3 is 5.32 Å². The Bertz CT molecular complexity index is 629. The lowest BCUT2D eigenvalue weighted by Gasteiger charge is -2.06. The molecule has 0 saturated heterocycles. The van der Waals surface area contributed by atoms with Crippen molar-refractivity contribution in [1.82, 2.24) is 5.32 Å². The summed E-state index contributed by atoms with van der Waals surface area (Å²) in [6.07, 6.45) is 0.746. The van der Waals surface area contributed by atoms with Gasteiger partial charge >= 0.3 is 0 Å². The number of thiophene rings is 1. The maximum atomic E-state index is 12.0. The van der Waals surface area contributed by atoms with Gasteiger partial charge in [0.05, 0.1) is 10.5 Å². The van der Waals surface area contributed by atoms with Crippen molar-refractivity contribution in [1.29, 1.82) is 0 Å². The van der Waals surface area contributed by atoms with Gasteiger partial charge in [0, 0.05) is 17.5 Å². The standard InChI is InChI=1S/C13H11BrN2O3S/c14-12-10(4-1-5-11(12)16(18)19)13(17)15-7-6-9-3-2-8-20-9/h1-5,8H,6-7H2,(H,15,17). The third-order valence-corrected chi connectivity index (χ3v) is 4.43. The van der Waals surface area contributed by atoms with Crippen LogP contribution in [0.5, 0.6) is 0 Å². The molecule has 0 fully saturated rings. The summed E-state index contributed by atoms with van der Waals surface area (Å²) in [6, 6.07) is 8.36. The van der Waals surface area contributed by atoms with E-state index < -0.39 is 4.92 Å². The minimum Gasteiger partial charge on any atom is -0.352 e. The number of carbonyl (C=O) groups is 1. The van der Waals surface area contributed by atoms with Crippen LogP contribution in [0.1, 0.15) is 15.2 Å². The first kappa shape index (κ1) is 14.7. The van der Waals surface area contributed by atoms with Crippen LogP contribution in [0.3, 0.4) is 0 Å². The predicted octanol–water partition coefficient (Wildman–Crippen LogP) is 3.39. The highest BCUT2D eigenvalue weighted by Gasteiger charge is 2.18. The van der Waals surface area contributed by atoms with Gasteiger partial charge in [-0.05, 0) is 39.9 Å². The van der Waals surface area contributed by atoms with Crippen molar-refractivity contribution in [2.24, 2.45) is 0 Å². The third-order valence-electron chi connectivity index (χ3n) is 2.66. The molecular formula is C13H11BrN2O3S. The van der Waals surface area contributed by atoms with Gasteiger partial charge in [-0.3, -0.25) is 14.9 Å². The quantitative estimate of drug-likeness (QED) is 0.660. The number of nitrogens with one attached hydrogen (secondary N) is 1. The first-order chi connectivity index (χ1) is 9.59. The fraction of sp³-hybridized carbons (Fsp3) is 0.154. The molecule has 0 saturated carbocycles. The van der Waals surface area contributed by atoms with Gasteiger partial charge in [0.2, 0.25) is 0 Å². The smallest absolute Gasteiger partial charge is 0.284 e. The van der Waals surface area contributed by atoms with Crippen molar-refractivity contribution >= 4 is 38.9 Å². The van der Waals surface area contributed by atoms with E-state index >= 15 is 0 Å². The number of nitrogens with zero attached hydrogens (tertiary/aromatic N) is 1. The molecule has 0 bridgehead atoms. The van der Waals surface area contributed by atoms with Crippen molar-refractivity contribution in [3.8, 4) is 0 Å². The van der Waals surface area contributed by atoms with Crippen LogP contribution in [-0.4, -0.2) is 17.4 Å². The number of rotatable bonds is 5. The average Bonchev–Trinajstić information content (AvgIpc) is 2.91. The molecule has 1 N–H and O–H groups in total. The van der Waals surface area contributed by atoms with Gasteiger partial charge in [-0.15, -0.1) is 11.3 Å². The van der Waals surface area contributed by atoms with E-state index in [0.717, 1.165) is 6.42 Å². The van der Waals surface area contributed by atoms with Crippen molar-refractivity contribution < 1.29 is 9.72 Å². The molecule has 0 atom stereocenters. The second-order valence-corrected chi connectivity index (χ2v) is 5.81. The van der Waals surface area contributed by atoms with E-state index in [0.29, 0.717) is 6.54 Å². The zero-order valence-corrected chi connectivity index (χ0v) is 12.7. The molecule has 104 valence electrons. The van der Waals surface area contributed by atoms with E-state index in [9.17, 15) is 14.9 Å². The fourth-order valence-corrected chi connectivity index (χ4v) is 2.98. The van der Waals surface area contributed by atoms with E-state index in [1.807, 2.05) is 17.5 Å². The van der Waals surface area contributed by atoms with Gasteiger partial charge in [-0.2, -0.15) is 0 Å². The Morgan fingerprint density at radius 2 is 2.15 bits per heavy atom. The Morgan fingerprint density at radius 3 is 2.80 bits per heavy atom. The topological polar surface area (TPSA) is 72.2 Å². The van der Waals surface area contributed by atoms with Crippen LogP contribution in [-0.2, 0) is 6.42 Å². The number of carbonyl (C=O) groups excluding carboxylic acids is 1. The van der Waals surface area contributed by atoms with Gasteiger partial charge in [0.1, 0.15) is 4.47 Å². The first-order valence-corrected chi connectivity index (χ1v) is 7.50. The molecule has 0 aliphatic heterocycles. The molecule has 7 heteroatoms. The van der Waals surface area contributed by atoms with E-state index in [1.165, 1.54) is 17.0 Å². The third kappa shape index (κ3) is 3.43. The molecule has 0 unspecified atom stereocenters. The molecule has 2 aromatic rings. The molecular weight excluding hydrogens is 344 g/mol. The maximum Gasteiger partial charge on any atom is 0.284 e. The van der Waals surface area contributed by atoms with Crippen LogP contribution in [0.15, 0.2) is 40.2 Å².